The summed E-state index contributed by atoms with van der Waals surface area (Å²) in [5.74, 6) is 0. The first kappa shape index (κ1) is 15.9. The van der Waals surface area contributed by atoms with Crippen molar-refractivity contribution in [2.45, 2.75) is 20.8 Å². The maximum atomic E-state index is 11.0. The van der Waals surface area contributed by atoms with Crippen LogP contribution in [0, 0.1) is 0 Å². The number of alkyl halides is 1. The monoisotopic (exact) mass is 223 g/mol. The fraction of sp³-hybridized carbons (Fsp3) is 0.667. The average molecular weight is 223 g/mol. The summed E-state index contributed by atoms with van der Waals surface area (Å²) in [5.41, 5.74) is 2.57. The van der Waals surface area contributed by atoms with Crippen LogP contribution in [0.15, 0.2) is 17.9 Å². The second kappa shape index (κ2) is 15.0. The van der Waals surface area contributed by atoms with Gasteiger partial charge in [-0.2, -0.15) is 0 Å². The van der Waals surface area contributed by atoms with E-state index in [2.05, 4.69) is 14.8 Å². The number of hydrogen-bond donors (Lipinski definition) is 0. The van der Waals surface area contributed by atoms with Gasteiger partial charge in [0.05, 0.1) is 0 Å². The molecule has 0 atom stereocenters. The zero-order valence-electron chi connectivity index (χ0n) is 8.83. The first-order chi connectivity index (χ1) is 6.72. The lowest BCUT2D eigenvalue weighted by atomic mass is 10.6. The molecule has 0 heterocycles. The predicted octanol–water partition coefficient (Wildman–Crippen LogP) is 3.40. The molecular formula is C9H17FO3P+. The van der Waals surface area contributed by atoms with E-state index in [0.717, 1.165) is 0 Å². The molecule has 0 spiro atoms. The minimum Gasteiger partial charge on any atom is -0.246 e. The Morgan fingerprint density at radius 3 is 2.07 bits per heavy atom. The van der Waals surface area contributed by atoms with Crippen LogP contribution in [-0.2, 0) is 13.6 Å². The van der Waals surface area contributed by atoms with Crippen LogP contribution in [0.25, 0.3) is 0 Å². The number of hydrogen-bond acceptors (Lipinski definition) is 3. The molecule has 3 nitrogen and oxygen atoms in total. The molecule has 0 aromatic heterocycles. The van der Waals surface area contributed by atoms with E-state index in [0.29, 0.717) is 13.2 Å². The van der Waals surface area contributed by atoms with Gasteiger partial charge in [0.15, 0.2) is 0 Å². The standard InChI is InChI=1S/C5H7F.C4H10O3P/c1-2-3-4-5-6;1-3-6-8(5)7-4-2/h2,4H,5H2,1H3;3-4H2,1-2H3/q;+1. The third kappa shape index (κ3) is 17.5. The van der Waals surface area contributed by atoms with E-state index in [4.69, 9.17) is 0 Å². The van der Waals surface area contributed by atoms with Gasteiger partial charge in [0.1, 0.15) is 19.9 Å². The smallest absolute Gasteiger partial charge is 0.246 e. The van der Waals surface area contributed by atoms with Crippen LogP contribution >= 0.6 is 8.25 Å². The summed E-state index contributed by atoms with van der Waals surface area (Å²) in [6.45, 7) is 5.80. The zero-order valence-corrected chi connectivity index (χ0v) is 9.72. The zero-order chi connectivity index (χ0) is 11.2. The van der Waals surface area contributed by atoms with Gasteiger partial charge in [-0.05, 0) is 32.9 Å². The summed E-state index contributed by atoms with van der Waals surface area (Å²) >= 11 is 0. The van der Waals surface area contributed by atoms with Crippen LogP contribution in [0.5, 0.6) is 0 Å². The van der Waals surface area contributed by atoms with E-state index in [-0.39, 0.29) is 0 Å². The highest BCUT2D eigenvalue weighted by atomic mass is 31.1. The molecule has 0 aromatic carbocycles. The summed E-state index contributed by atoms with van der Waals surface area (Å²) in [5, 5.41) is 0. The molecular weight excluding hydrogens is 206 g/mol. The van der Waals surface area contributed by atoms with Gasteiger partial charge in [-0.25, -0.2) is 4.39 Å². The number of rotatable bonds is 5. The summed E-state index contributed by atoms with van der Waals surface area (Å²) in [6.07, 6.45) is 3.00. The van der Waals surface area contributed by atoms with E-state index in [1.54, 1.807) is 26.8 Å². The Morgan fingerprint density at radius 1 is 1.36 bits per heavy atom. The molecule has 0 radical (unpaired) electrons. The second-order valence-electron chi connectivity index (χ2n) is 1.87. The third-order valence-corrected chi connectivity index (χ3v) is 1.77. The van der Waals surface area contributed by atoms with Crippen molar-refractivity contribution in [3.8, 4) is 0 Å². The van der Waals surface area contributed by atoms with Crippen molar-refractivity contribution in [3.63, 3.8) is 0 Å². The van der Waals surface area contributed by atoms with Gasteiger partial charge in [-0.1, -0.05) is 0 Å². The molecule has 0 saturated carbocycles. The molecule has 0 bridgehead atoms. The predicted molar refractivity (Wildman–Crippen MR) is 55.2 cm³/mol. The fourth-order valence-corrected chi connectivity index (χ4v) is 0.907. The highest BCUT2D eigenvalue weighted by Gasteiger charge is 2.15. The van der Waals surface area contributed by atoms with Gasteiger partial charge in [0, 0.05) is 4.57 Å². The molecule has 82 valence electrons. The van der Waals surface area contributed by atoms with Crippen LogP contribution in [0.4, 0.5) is 4.39 Å². The van der Waals surface area contributed by atoms with Gasteiger partial charge in [0.25, 0.3) is 0 Å². The van der Waals surface area contributed by atoms with Crippen molar-refractivity contribution in [2.24, 2.45) is 0 Å². The Labute approximate surface area is 85.6 Å². The lowest BCUT2D eigenvalue weighted by molar-refractivity contribution is 0.243. The number of halogens is 1. The molecule has 0 aliphatic heterocycles. The van der Waals surface area contributed by atoms with E-state index < -0.39 is 14.9 Å². The number of allylic oxidation sites excluding steroid dienone is 1. The highest BCUT2D eigenvalue weighted by molar-refractivity contribution is 7.33. The van der Waals surface area contributed by atoms with E-state index in [9.17, 15) is 8.96 Å². The van der Waals surface area contributed by atoms with Crippen LogP contribution < -0.4 is 0 Å². The average Bonchev–Trinajstić information content (AvgIpc) is 2.16. The summed E-state index contributed by atoms with van der Waals surface area (Å²) in [7, 11) is -1.83. The molecule has 0 aliphatic carbocycles. The van der Waals surface area contributed by atoms with Crippen molar-refractivity contribution in [1.82, 2.24) is 0 Å². The van der Waals surface area contributed by atoms with Gasteiger partial charge in [0.2, 0.25) is 0 Å². The molecule has 0 rings (SSSR count). The molecule has 0 unspecified atom stereocenters. The Bertz CT molecular complexity index is 180. The van der Waals surface area contributed by atoms with E-state index >= 15 is 0 Å². The molecule has 5 heteroatoms. The van der Waals surface area contributed by atoms with Crippen LogP contribution in [0.2, 0.25) is 0 Å². The van der Waals surface area contributed by atoms with Gasteiger partial charge >= 0.3 is 8.25 Å². The first-order valence-electron chi connectivity index (χ1n) is 4.37. The highest BCUT2D eigenvalue weighted by Crippen LogP contribution is 2.21. The van der Waals surface area contributed by atoms with Crippen LogP contribution in [-0.4, -0.2) is 19.9 Å². The molecule has 0 saturated heterocycles. The lowest BCUT2D eigenvalue weighted by Crippen LogP contribution is -1.81. The Balaban J connectivity index is 0. The first-order valence-corrected chi connectivity index (χ1v) is 5.46. The normalized spacial score (nSPS) is 8.00. The molecule has 0 N–H and O–H groups in total. The quantitative estimate of drug-likeness (QED) is 0.529. The van der Waals surface area contributed by atoms with Crippen molar-refractivity contribution >= 4 is 8.25 Å². The van der Waals surface area contributed by atoms with E-state index in [1.165, 1.54) is 6.08 Å². The maximum Gasteiger partial charge on any atom is 0.697 e. The summed E-state index contributed by atoms with van der Waals surface area (Å²) < 4.78 is 30.5. The van der Waals surface area contributed by atoms with Crippen molar-refractivity contribution in [1.29, 1.82) is 0 Å². The molecule has 14 heavy (non-hydrogen) atoms. The molecule has 0 fully saturated rings. The SMILES string of the molecule is CC=C=CCF.CCO[P+](=O)OCC. The fourth-order valence-electron chi connectivity index (χ4n) is 0.410. The summed E-state index contributed by atoms with van der Waals surface area (Å²) in [4.78, 5) is 0. The van der Waals surface area contributed by atoms with Gasteiger partial charge in [-0.15, -0.1) is 14.8 Å². The summed E-state index contributed by atoms with van der Waals surface area (Å²) in [6, 6.07) is 0. The van der Waals surface area contributed by atoms with E-state index in [1.807, 2.05) is 0 Å². The largest absolute Gasteiger partial charge is 0.697 e. The van der Waals surface area contributed by atoms with Crippen molar-refractivity contribution in [3.05, 3.63) is 17.9 Å². The Hall–Kier alpha value is -0.530. The maximum absolute atomic E-state index is 11.0. The van der Waals surface area contributed by atoms with Crippen molar-refractivity contribution in [2.75, 3.05) is 19.9 Å². The van der Waals surface area contributed by atoms with Crippen LogP contribution in [0.1, 0.15) is 20.8 Å². The Morgan fingerprint density at radius 2 is 1.86 bits per heavy atom. The third-order valence-electron chi connectivity index (χ3n) is 0.831. The lowest BCUT2D eigenvalue weighted by Gasteiger charge is -1.78. The molecule has 0 aliphatic rings. The van der Waals surface area contributed by atoms with Crippen molar-refractivity contribution < 1.29 is 18.0 Å². The second-order valence-corrected chi connectivity index (χ2v) is 2.84. The Kier molecular flexibility index (Phi) is 17.0. The topological polar surface area (TPSA) is 35.5 Å². The van der Waals surface area contributed by atoms with Crippen LogP contribution in [0.3, 0.4) is 0 Å². The molecule has 0 aromatic rings. The minimum absolute atomic E-state index is 0.412. The van der Waals surface area contributed by atoms with Gasteiger partial charge < -0.3 is 0 Å². The molecule has 0 amide bonds. The minimum atomic E-state index is -1.83. The van der Waals surface area contributed by atoms with Gasteiger partial charge in [-0.3, -0.25) is 0 Å².